The van der Waals surface area contributed by atoms with Crippen LogP contribution in [0, 0.1) is 0 Å². The van der Waals surface area contributed by atoms with Gasteiger partial charge < -0.3 is 19.7 Å². The van der Waals surface area contributed by atoms with Gasteiger partial charge in [-0.05, 0) is 12.8 Å². The van der Waals surface area contributed by atoms with Crippen molar-refractivity contribution in [3.8, 4) is 0 Å². The number of rotatable bonds is 21. The molecule has 0 aliphatic carbocycles. The summed E-state index contributed by atoms with van der Waals surface area (Å²) in [4.78, 5) is 2.52. The highest BCUT2D eigenvalue weighted by Gasteiger charge is 2.13. The molecule has 0 radical (unpaired) electrons. The Hall–Kier alpha value is -0.160. The third kappa shape index (κ3) is 17.2. The summed E-state index contributed by atoms with van der Waals surface area (Å²) in [6, 6.07) is 0. The molecule has 0 aromatic heterocycles. The Morgan fingerprint density at radius 3 is 1.79 bits per heavy atom. The second kappa shape index (κ2) is 21.1. The summed E-state index contributed by atoms with van der Waals surface area (Å²) in [6.45, 7) is 9.63. The van der Waals surface area contributed by atoms with Gasteiger partial charge in [-0.2, -0.15) is 0 Å². The van der Waals surface area contributed by atoms with Gasteiger partial charge in [-0.3, -0.25) is 0 Å². The maximum absolute atomic E-state index is 5.88. The zero-order valence-corrected chi connectivity index (χ0v) is 19.9. The lowest BCUT2D eigenvalue weighted by atomic mass is 10.0. The van der Waals surface area contributed by atoms with Gasteiger partial charge in [0.1, 0.15) is 0 Å². The highest BCUT2D eigenvalue weighted by Crippen LogP contribution is 2.13. The van der Waals surface area contributed by atoms with Crippen molar-refractivity contribution >= 4 is 0 Å². The Bertz CT molecular complexity index is 322. The highest BCUT2D eigenvalue weighted by molar-refractivity contribution is 4.69. The van der Waals surface area contributed by atoms with Gasteiger partial charge in [0.05, 0.1) is 12.7 Å². The average Bonchev–Trinajstić information content (AvgIpc) is 2.76. The predicted molar refractivity (Wildman–Crippen MR) is 126 cm³/mol. The number of piperazine rings is 1. The SMILES string of the molecule is CCCCCCCCCCCCCCCCOCC(CCN1CCNCC1)OC. The maximum Gasteiger partial charge on any atom is 0.0816 e. The van der Waals surface area contributed by atoms with Crippen LogP contribution in [0.4, 0.5) is 0 Å². The van der Waals surface area contributed by atoms with E-state index in [0.29, 0.717) is 0 Å². The molecule has 0 spiro atoms. The van der Waals surface area contributed by atoms with Gasteiger partial charge in [0.2, 0.25) is 0 Å². The van der Waals surface area contributed by atoms with Crippen LogP contribution in [-0.2, 0) is 9.47 Å². The summed E-state index contributed by atoms with van der Waals surface area (Å²) < 4.78 is 11.5. The molecular weight excluding hydrogens is 360 g/mol. The molecule has 0 bridgehead atoms. The van der Waals surface area contributed by atoms with Crippen molar-refractivity contribution in [3.05, 3.63) is 0 Å². The van der Waals surface area contributed by atoms with Crippen molar-refractivity contribution in [1.29, 1.82) is 0 Å². The number of unbranched alkanes of at least 4 members (excludes halogenated alkanes) is 13. The molecule has 0 saturated carbocycles. The van der Waals surface area contributed by atoms with Crippen LogP contribution >= 0.6 is 0 Å². The number of ether oxygens (including phenoxy) is 2. The van der Waals surface area contributed by atoms with Crippen molar-refractivity contribution in [2.24, 2.45) is 0 Å². The molecule has 1 aliphatic rings. The molecule has 1 heterocycles. The van der Waals surface area contributed by atoms with Gasteiger partial charge in [0.15, 0.2) is 0 Å². The van der Waals surface area contributed by atoms with Crippen molar-refractivity contribution in [1.82, 2.24) is 10.2 Å². The number of nitrogens with one attached hydrogen (secondary N) is 1. The minimum Gasteiger partial charge on any atom is -0.379 e. The first-order valence-electron chi connectivity index (χ1n) is 12.9. The molecule has 1 fully saturated rings. The molecule has 4 heteroatoms. The number of methoxy groups -OCH3 is 1. The van der Waals surface area contributed by atoms with E-state index < -0.39 is 0 Å². The molecule has 1 aliphatic heterocycles. The van der Waals surface area contributed by atoms with Gasteiger partial charge in [-0.25, -0.2) is 0 Å². The molecule has 29 heavy (non-hydrogen) atoms. The molecule has 0 aromatic carbocycles. The molecule has 1 atom stereocenters. The maximum atomic E-state index is 5.88. The second-order valence-electron chi connectivity index (χ2n) is 8.91. The van der Waals surface area contributed by atoms with Crippen LogP contribution in [0.3, 0.4) is 0 Å². The van der Waals surface area contributed by atoms with Crippen LogP contribution in [-0.4, -0.2) is 64.1 Å². The lowest BCUT2D eigenvalue weighted by Gasteiger charge is -2.28. The number of hydrogen-bond donors (Lipinski definition) is 1. The molecule has 174 valence electrons. The molecule has 4 nitrogen and oxygen atoms in total. The van der Waals surface area contributed by atoms with Crippen LogP contribution in [0.1, 0.15) is 103 Å². The van der Waals surface area contributed by atoms with Gasteiger partial charge >= 0.3 is 0 Å². The normalized spacial score (nSPS) is 16.3. The fraction of sp³-hybridized carbons (Fsp3) is 1.00. The predicted octanol–water partition coefficient (Wildman–Crippen LogP) is 5.79. The molecule has 1 N–H and O–H groups in total. The van der Waals surface area contributed by atoms with Gasteiger partial charge in [-0.15, -0.1) is 0 Å². The van der Waals surface area contributed by atoms with Crippen LogP contribution in [0.25, 0.3) is 0 Å². The standard InChI is InChI=1S/C25H52N2O2/c1-3-4-5-6-7-8-9-10-11-12-13-14-15-16-23-29-24-25(28-2)17-20-27-21-18-26-19-22-27/h25-26H,3-24H2,1-2H3. The van der Waals surface area contributed by atoms with Crippen LogP contribution in [0.5, 0.6) is 0 Å². The van der Waals surface area contributed by atoms with E-state index in [9.17, 15) is 0 Å². The van der Waals surface area contributed by atoms with E-state index in [1.807, 2.05) is 7.11 Å². The lowest BCUT2D eigenvalue weighted by molar-refractivity contribution is -0.00168. The second-order valence-corrected chi connectivity index (χ2v) is 8.91. The Labute approximate surface area is 182 Å². The number of nitrogens with zero attached hydrogens (tertiary/aromatic N) is 1. The fourth-order valence-electron chi connectivity index (χ4n) is 4.14. The topological polar surface area (TPSA) is 33.7 Å². The van der Waals surface area contributed by atoms with Crippen molar-refractivity contribution < 1.29 is 9.47 Å². The van der Waals surface area contributed by atoms with Crippen molar-refractivity contribution in [2.75, 3.05) is 53.0 Å². The molecule has 1 rings (SSSR count). The molecular formula is C25H52N2O2. The Morgan fingerprint density at radius 2 is 1.28 bits per heavy atom. The number of hydrogen-bond acceptors (Lipinski definition) is 4. The molecule has 0 aromatic rings. The smallest absolute Gasteiger partial charge is 0.0816 e. The van der Waals surface area contributed by atoms with Crippen LogP contribution in [0.2, 0.25) is 0 Å². The van der Waals surface area contributed by atoms with E-state index >= 15 is 0 Å². The average molecular weight is 413 g/mol. The zero-order valence-electron chi connectivity index (χ0n) is 19.9. The monoisotopic (exact) mass is 412 g/mol. The van der Waals surface area contributed by atoms with E-state index in [1.165, 1.54) is 89.9 Å². The first-order valence-corrected chi connectivity index (χ1v) is 12.9. The van der Waals surface area contributed by atoms with Gasteiger partial charge in [-0.1, -0.05) is 90.4 Å². The minimum atomic E-state index is 0.247. The Kier molecular flexibility index (Phi) is 19.5. The Balaban J connectivity index is 1.77. The minimum absolute atomic E-state index is 0.247. The summed E-state index contributed by atoms with van der Waals surface area (Å²) in [5.74, 6) is 0. The quantitative estimate of drug-likeness (QED) is 0.242. The summed E-state index contributed by atoms with van der Waals surface area (Å²) >= 11 is 0. The van der Waals surface area contributed by atoms with Gasteiger partial charge in [0.25, 0.3) is 0 Å². The zero-order chi connectivity index (χ0) is 20.8. The third-order valence-electron chi connectivity index (χ3n) is 6.26. The summed E-state index contributed by atoms with van der Waals surface area (Å²) in [6.07, 6.45) is 21.0. The summed E-state index contributed by atoms with van der Waals surface area (Å²) in [5, 5.41) is 3.40. The fourth-order valence-corrected chi connectivity index (χ4v) is 4.14. The molecule has 0 amide bonds. The van der Waals surface area contributed by atoms with E-state index in [2.05, 4.69) is 17.1 Å². The molecule has 1 saturated heterocycles. The highest BCUT2D eigenvalue weighted by atomic mass is 16.5. The van der Waals surface area contributed by atoms with E-state index in [-0.39, 0.29) is 6.10 Å². The third-order valence-corrected chi connectivity index (χ3v) is 6.26. The summed E-state index contributed by atoms with van der Waals surface area (Å²) in [7, 11) is 1.82. The molecule has 1 unspecified atom stereocenters. The van der Waals surface area contributed by atoms with Gasteiger partial charge in [0, 0.05) is 46.4 Å². The van der Waals surface area contributed by atoms with E-state index in [0.717, 1.165) is 52.4 Å². The lowest BCUT2D eigenvalue weighted by Crippen LogP contribution is -2.44. The largest absolute Gasteiger partial charge is 0.379 e. The summed E-state index contributed by atoms with van der Waals surface area (Å²) in [5.41, 5.74) is 0. The van der Waals surface area contributed by atoms with Crippen molar-refractivity contribution in [3.63, 3.8) is 0 Å². The van der Waals surface area contributed by atoms with E-state index in [1.54, 1.807) is 0 Å². The Morgan fingerprint density at radius 1 is 0.759 bits per heavy atom. The first-order chi connectivity index (χ1) is 14.4. The van der Waals surface area contributed by atoms with E-state index in [4.69, 9.17) is 9.47 Å². The van der Waals surface area contributed by atoms with Crippen LogP contribution in [0.15, 0.2) is 0 Å². The van der Waals surface area contributed by atoms with Crippen molar-refractivity contribution in [2.45, 2.75) is 109 Å². The first kappa shape index (κ1) is 26.9. The van der Waals surface area contributed by atoms with Crippen LogP contribution < -0.4 is 5.32 Å².